The number of anilines is 2. The van der Waals surface area contributed by atoms with Crippen LogP contribution in [0.1, 0.15) is 15.9 Å². The maximum absolute atomic E-state index is 13.7. The lowest BCUT2D eigenvalue weighted by Gasteiger charge is -2.12. The summed E-state index contributed by atoms with van der Waals surface area (Å²) in [5, 5.41) is 2.38. The van der Waals surface area contributed by atoms with E-state index in [1.807, 2.05) is 0 Å². The number of hydrogen-bond donors (Lipinski definition) is 2. The van der Waals surface area contributed by atoms with Crippen LogP contribution in [0.3, 0.4) is 0 Å². The molecule has 0 atom stereocenters. The summed E-state index contributed by atoms with van der Waals surface area (Å²) in [6, 6.07) is 14.0. The number of benzene rings is 3. The van der Waals surface area contributed by atoms with Gasteiger partial charge in [-0.1, -0.05) is 24.3 Å². The SMILES string of the molecule is O=C(Nc1cccc(S(=O)(=O)Nc2cccc(C(F)(F)F)c2)c1)c1ccccc1F. The molecular weight excluding hydrogens is 424 g/mol. The molecule has 156 valence electrons. The van der Waals surface area contributed by atoms with Crippen molar-refractivity contribution >= 4 is 27.3 Å². The highest BCUT2D eigenvalue weighted by Gasteiger charge is 2.30. The van der Waals surface area contributed by atoms with Gasteiger partial charge >= 0.3 is 6.18 Å². The number of carbonyl (C=O) groups is 1. The zero-order valence-electron chi connectivity index (χ0n) is 15.1. The van der Waals surface area contributed by atoms with Gasteiger partial charge in [-0.05, 0) is 48.5 Å². The summed E-state index contributed by atoms with van der Waals surface area (Å²) >= 11 is 0. The first-order chi connectivity index (χ1) is 14.1. The molecular formula is C20H14F4N2O3S. The van der Waals surface area contributed by atoms with Gasteiger partial charge in [0.15, 0.2) is 0 Å². The zero-order valence-corrected chi connectivity index (χ0v) is 15.9. The Morgan fingerprint density at radius 3 is 2.20 bits per heavy atom. The summed E-state index contributed by atoms with van der Waals surface area (Å²) in [4.78, 5) is 11.9. The first kappa shape index (κ1) is 21.3. The Balaban J connectivity index is 1.83. The summed E-state index contributed by atoms with van der Waals surface area (Å²) in [5.41, 5.74) is -1.44. The molecule has 3 rings (SSSR count). The van der Waals surface area contributed by atoms with E-state index in [9.17, 15) is 30.8 Å². The quantitative estimate of drug-likeness (QED) is 0.557. The molecule has 10 heteroatoms. The van der Waals surface area contributed by atoms with Gasteiger partial charge in [0.2, 0.25) is 0 Å². The van der Waals surface area contributed by atoms with Crippen LogP contribution in [0.4, 0.5) is 28.9 Å². The molecule has 0 aliphatic rings. The van der Waals surface area contributed by atoms with Crippen molar-refractivity contribution in [2.24, 2.45) is 0 Å². The summed E-state index contributed by atoms with van der Waals surface area (Å²) < 4.78 is 79.4. The van der Waals surface area contributed by atoms with Gasteiger partial charge in [0.05, 0.1) is 16.0 Å². The monoisotopic (exact) mass is 438 g/mol. The molecule has 1 amide bonds. The average Bonchev–Trinajstić information content (AvgIpc) is 2.68. The number of rotatable bonds is 5. The number of alkyl halides is 3. The highest BCUT2D eigenvalue weighted by molar-refractivity contribution is 7.92. The van der Waals surface area contributed by atoms with Crippen molar-refractivity contribution in [2.75, 3.05) is 10.0 Å². The maximum atomic E-state index is 13.7. The van der Waals surface area contributed by atoms with Crippen LogP contribution >= 0.6 is 0 Å². The minimum atomic E-state index is -4.63. The van der Waals surface area contributed by atoms with Crippen LogP contribution in [0.2, 0.25) is 0 Å². The molecule has 0 aliphatic heterocycles. The van der Waals surface area contributed by atoms with E-state index in [-0.39, 0.29) is 21.8 Å². The standard InChI is InChI=1S/C20H14F4N2O3S/c21-18-10-2-1-9-17(18)19(27)25-14-6-4-8-16(12-14)30(28,29)26-15-7-3-5-13(11-15)20(22,23)24/h1-12,26H,(H,25,27). The van der Waals surface area contributed by atoms with E-state index in [1.165, 1.54) is 42.5 Å². The Hall–Kier alpha value is -3.40. The van der Waals surface area contributed by atoms with Crippen LogP contribution in [0.25, 0.3) is 0 Å². The van der Waals surface area contributed by atoms with Crippen molar-refractivity contribution in [3.63, 3.8) is 0 Å². The van der Waals surface area contributed by atoms with Crippen molar-refractivity contribution < 1.29 is 30.8 Å². The number of hydrogen-bond acceptors (Lipinski definition) is 3. The second-order valence-corrected chi connectivity index (χ2v) is 7.83. The molecule has 0 spiro atoms. The van der Waals surface area contributed by atoms with Crippen LogP contribution in [0, 0.1) is 5.82 Å². The molecule has 0 radical (unpaired) electrons. The Bertz CT molecular complexity index is 1190. The van der Waals surface area contributed by atoms with Gasteiger partial charge in [-0.15, -0.1) is 0 Å². The number of halogens is 4. The van der Waals surface area contributed by atoms with E-state index in [4.69, 9.17) is 0 Å². The molecule has 3 aromatic rings. The number of nitrogens with one attached hydrogen (secondary N) is 2. The third-order valence-electron chi connectivity index (χ3n) is 3.96. The molecule has 3 aromatic carbocycles. The molecule has 0 saturated heterocycles. The molecule has 0 unspecified atom stereocenters. The predicted molar refractivity (Wildman–Crippen MR) is 103 cm³/mol. The highest BCUT2D eigenvalue weighted by atomic mass is 32.2. The smallest absolute Gasteiger partial charge is 0.322 e. The Morgan fingerprint density at radius 1 is 0.833 bits per heavy atom. The fourth-order valence-electron chi connectivity index (χ4n) is 2.56. The molecule has 0 aromatic heterocycles. The molecule has 0 saturated carbocycles. The average molecular weight is 438 g/mol. The minimum absolute atomic E-state index is 0.0650. The topological polar surface area (TPSA) is 75.3 Å². The summed E-state index contributed by atoms with van der Waals surface area (Å²) in [6.07, 6.45) is -4.63. The third-order valence-corrected chi connectivity index (χ3v) is 5.34. The second-order valence-electron chi connectivity index (χ2n) is 6.15. The molecule has 0 bridgehead atoms. The lowest BCUT2D eigenvalue weighted by atomic mass is 10.2. The third kappa shape index (κ3) is 4.95. The van der Waals surface area contributed by atoms with Crippen molar-refractivity contribution in [3.05, 3.63) is 89.7 Å². The van der Waals surface area contributed by atoms with Gasteiger partial charge in [-0.25, -0.2) is 12.8 Å². The zero-order chi connectivity index (χ0) is 21.9. The largest absolute Gasteiger partial charge is 0.416 e. The van der Waals surface area contributed by atoms with Gasteiger partial charge in [-0.2, -0.15) is 13.2 Å². The lowest BCUT2D eigenvalue weighted by molar-refractivity contribution is -0.137. The van der Waals surface area contributed by atoms with Crippen LogP contribution in [-0.2, 0) is 16.2 Å². The maximum Gasteiger partial charge on any atom is 0.416 e. The number of carbonyl (C=O) groups excluding carboxylic acids is 1. The first-order valence-corrected chi connectivity index (χ1v) is 9.90. The van der Waals surface area contributed by atoms with E-state index in [0.29, 0.717) is 6.07 Å². The molecule has 2 N–H and O–H groups in total. The van der Waals surface area contributed by atoms with E-state index in [2.05, 4.69) is 10.0 Å². The summed E-state index contributed by atoms with van der Waals surface area (Å²) in [7, 11) is -4.25. The molecule has 0 heterocycles. The van der Waals surface area contributed by atoms with Crippen LogP contribution < -0.4 is 10.0 Å². The van der Waals surface area contributed by atoms with Crippen molar-refractivity contribution in [2.45, 2.75) is 11.1 Å². The van der Waals surface area contributed by atoms with Crippen molar-refractivity contribution in [1.29, 1.82) is 0 Å². The normalized spacial score (nSPS) is 11.7. The van der Waals surface area contributed by atoms with Gasteiger partial charge < -0.3 is 5.32 Å². The lowest BCUT2D eigenvalue weighted by Crippen LogP contribution is -2.16. The Labute approximate surface area is 169 Å². The minimum Gasteiger partial charge on any atom is -0.322 e. The Kier molecular flexibility index (Phi) is 5.79. The van der Waals surface area contributed by atoms with Gasteiger partial charge in [0.1, 0.15) is 5.82 Å². The van der Waals surface area contributed by atoms with E-state index < -0.39 is 33.5 Å². The fraction of sp³-hybridized carbons (Fsp3) is 0.0500. The molecule has 30 heavy (non-hydrogen) atoms. The molecule has 5 nitrogen and oxygen atoms in total. The van der Waals surface area contributed by atoms with Gasteiger partial charge in [0, 0.05) is 11.4 Å². The summed E-state index contributed by atoms with van der Waals surface area (Å²) in [5.74, 6) is -1.53. The fourth-order valence-corrected chi connectivity index (χ4v) is 3.65. The van der Waals surface area contributed by atoms with Crippen molar-refractivity contribution in [1.82, 2.24) is 0 Å². The summed E-state index contributed by atoms with van der Waals surface area (Å²) in [6.45, 7) is 0. The number of sulfonamides is 1. The first-order valence-electron chi connectivity index (χ1n) is 8.42. The van der Waals surface area contributed by atoms with Crippen LogP contribution in [0.5, 0.6) is 0 Å². The predicted octanol–water partition coefficient (Wildman–Crippen LogP) is 4.90. The van der Waals surface area contributed by atoms with E-state index in [1.54, 1.807) is 0 Å². The van der Waals surface area contributed by atoms with Crippen LogP contribution in [0.15, 0.2) is 77.7 Å². The molecule has 0 fully saturated rings. The van der Waals surface area contributed by atoms with Gasteiger partial charge in [-0.3, -0.25) is 9.52 Å². The van der Waals surface area contributed by atoms with E-state index >= 15 is 0 Å². The highest BCUT2D eigenvalue weighted by Crippen LogP contribution is 2.31. The van der Waals surface area contributed by atoms with Crippen LogP contribution in [-0.4, -0.2) is 14.3 Å². The van der Waals surface area contributed by atoms with Crippen molar-refractivity contribution in [3.8, 4) is 0 Å². The number of amides is 1. The van der Waals surface area contributed by atoms with E-state index in [0.717, 1.165) is 24.3 Å². The second kappa shape index (κ2) is 8.15. The molecule has 0 aliphatic carbocycles. The Morgan fingerprint density at radius 2 is 1.50 bits per heavy atom. The van der Waals surface area contributed by atoms with Gasteiger partial charge in [0.25, 0.3) is 15.9 Å².